The predicted octanol–water partition coefficient (Wildman–Crippen LogP) is 8.25. The van der Waals surface area contributed by atoms with Gasteiger partial charge in [0.15, 0.2) is 0 Å². The largest absolute Gasteiger partial charge is 0.347 e. The Morgan fingerprint density at radius 2 is 1.81 bits per heavy atom. The normalized spacial score (nSPS) is 17.3. The average Bonchev–Trinajstić information content (AvgIpc) is 3.16. The quantitative estimate of drug-likeness (QED) is 0.268. The monoisotopic (exact) mass is 517 g/mol. The average molecular weight is 518 g/mol. The van der Waals surface area contributed by atoms with Gasteiger partial charge < -0.3 is 15.5 Å². The first-order valence-electron chi connectivity index (χ1n) is 13.8. The number of hydrogen-bond donors (Lipinski definition) is 2. The van der Waals surface area contributed by atoms with Crippen molar-refractivity contribution < 1.29 is 8.78 Å². The molecule has 1 aliphatic heterocycles. The number of fused-ring (bicyclic) bond motifs is 1. The summed E-state index contributed by atoms with van der Waals surface area (Å²) in [6.07, 6.45) is 10.1. The molecule has 0 bridgehead atoms. The summed E-state index contributed by atoms with van der Waals surface area (Å²) in [6.45, 7) is 21.5. The molecule has 0 spiro atoms. The summed E-state index contributed by atoms with van der Waals surface area (Å²) in [5.74, 6) is -0.108. The minimum atomic E-state index is -1.23. The molecule has 3 nitrogen and oxygen atoms in total. The van der Waals surface area contributed by atoms with Gasteiger partial charge in [-0.05, 0) is 88.5 Å². The fourth-order valence-corrected chi connectivity index (χ4v) is 4.50. The molecule has 0 saturated carbocycles. The van der Waals surface area contributed by atoms with Crippen LogP contribution in [0.1, 0.15) is 84.8 Å². The highest BCUT2D eigenvalue weighted by atomic mass is 19.1. The van der Waals surface area contributed by atoms with Crippen LogP contribution in [0, 0.1) is 5.82 Å². The lowest BCUT2D eigenvalue weighted by atomic mass is 9.88. The van der Waals surface area contributed by atoms with Crippen molar-refractivity contribution in [1.29, 1.82) is 0 Å². The summed E-state index contributed by atoms with van der Waals surface area (Å²) in [7, 11) is 3.98. The van der Waals surface area contributed by atoms with Crippen LogP contribution < -0.4 is 15.5 Å². The molecule has 0 fully saturated rings. The van der Waals surface area contributed by atoms with Gasteiger partial charge in [0.1, 0.15) is 11.5 Å². The fraction of sp³-hybridized carbons (Fsp3) is 0.562. The Labute approximate surface area is 226 Å². The van der Waals surface area contributed by atoms with Crippen molar-refractivity contribution in [2.45, 2.75) is 85.7 Å². The Morgan fingerprint density at radius 1 is 1.19 bits per heavy atom. The second kappa shape index (κ2) is 18.1. The molecule has 1 heterocycles. The number of nitrogens with zero attached hydrogens (tertiary/aromatic N) is 1. The molecule has 1 aromatic carbocycles. The lowest BCUT2D eigenvalue weighted by Crippen LogP contribution is -2.32. The molecule has 1 aromatic rings. The molecule has 1 atom stereocenters. The van der Waals surface area contributed by atoms with Gasteiger partial charge in [-0.15, -0.1) is 13.2 Å². The van der Waals surface area contributed by atoms with E-state index < -0.39 is 5.67 Å². The Kier molecular flexibility index (Phi) is 17.0. The van der Waals surface area contributed by atoms with Crippen LogP contribution in [0.5, 0.6) is 0 Å². The minimum absolute atomic E-state index is 0.000304. The summed E-state index contributed by atoms with van der Waals surface area (Å²) in [6, 6.07) is 3.80. The molecule has 0 radical (unpaired) electrons. The molecule has 2 aliphatic rings. The molecule has 2 N–H and O–H groups in total. The fourth-order valence-electron chi connectivity index (χ4n) is 4.50. The molecule has 37 heavy (non-hydrogen) atoms. The second-order valence-electron chi connectivity index (χ2n) is 9.52. The molecule has 0 amide bonds. The van der Waals surface area contributed by atoms with Gasteiger partial charge in [-0.1, -0.05) is 52.8 Å². The van der Waals surface area contributed by atoms with E-state index in [1.807, 2.05) is 27.9 Å². The number of halogens is 2. The van der Waals surface area contributed by atoms with Gasteiger partial charge in [-0.2, -0.15) is 0 Å². The number of benzene rings is 1. The smallest absolute Gasteiger partial charge is 0.129 e. The SMILES string of the molecule is C=C.CC.CCNC.CCc1cc(F)c2c(c1)N(C)/C(=C(/CCNCC(C)(C)F)C1=CC=CCC1)C2C. The van der Waals surface area contributed by atoms with E-state index in [4.69, 9.17) is 0 Å². The Balaban J connectivity index is 0.00000145. The lowest BCUT2D eigenvalue weighted by Gasteiger charge is -2.25. The lowest BCUT2D eigenvalue weighted by molar-refractivity contribution is 0.211. The van der Waals surface area contributed by atoms with E-state index in [9.17, 15) is 8.78 Å². The number of nitrogens with one attached hydrogen (secondary N) is 2. The molecular formula is C32H53F2N3. The van der Waals surface area contributed by atoms with E-state index in [-0.39, 0.29) is 11.7 Å². The zero-order valence-electron chi connectivity index (χ0n) is 25.0. The summed E-state index contributed by atoms with van der Waals surface area (Å²) in [4.78, 5) is 2.18. The van der Waals surface area contributed by atoms with Crippen LogP contribution in [0.3, 0.4) is 0 Å². The van der Waals surface area contributed by atoms with E-state index in [0.717, 1.165) is 49.0 Å². The number of aryl methyl sites for hydroxylation is 1. The molecule has 210 valence electrons. The standard InChI is InChI=1S/C25H34F2N2.C3H9N.C2H6.C2H4/c1-6-18-14-21(26)23-17(2)24(29(5)22(23)15-18)20(19-10-8-7-9-11-19)12-13-28-16-25(3,4)27;1-3-4-2;2*1-2/h7-8,10,14-15,17,28H,6,9,11-13,16H2,1-5H3;4H,3H2,1-2H3;1-2H3;1-2H2/b24-20-;;;. The van der Waals surface area contributed by atoms with Crippen molar-refractivity contribution in [3.05, 3.63) is 77.3 Å². The van der Waals surface area contributed by atoms with Gasteiger partial charge in [0, 0.05) is 36.5 Å². The number of alkyl halides is 1. The number of anilines is 1. The van der Waals surface area contributed by atoms with Crippen molar-refractivity contribution in [3.8, 4) is 0 Å². The van der Waals surface area contributed by atoms with Gasteiger partial charge >= 0.3 is 0 Å². The van der Waals surface area contributed by atoms with Crippen LogP contribution in [0.4, 0.5) is 14.5 Å². The zero-order valence-corrected chi connectivity index (χ0v) is 25.0. The maximum Gasteiger partial charge on any atom is 0.129 e. The maximum atomic E-state index is 14.9. The minimum Gasteiger partial charge on any atom is -0.347 e. The number of hydrogen-bond acceptors (Lipinski definition) is 3. The van der Waals surface area contributed by atoms with Crippen LogP contribution in [0.2, 0.25) is 0 Å². The van der Waals surface area contributed by atoms with Gasteiger partial charge in [-0.3, -0.25) is 0 Å². The first kappa shape index (κ1) is 34.8. The molecule has 1 aliphatic carbocycles. The van der Waals surface area contributed by atoms with Gasteiger partial charge in [0.2, 0.25) is 0 Å². The second-order valence-corrected chi connectivity index (χ2v) is 9.52. The van der Waals surface area contributed by atoms with E-state index in [1.54, 1.807) is 19.9 Å². The van der Waals surface area contributed by atoms with Gasteiger partial charge in [0.25, 0.3) is 0 Å². The summed E-state index contributed by atoms with van der Waals surface area (Å²) in [5.41, 5.74) is 5.32. The van der Waals surface area contributed by atoms with Crippen LogP contribution in [-0.4, -0.2) is 39.4 Å². The Morgan fingerprint density at radius 3 is 2.30 bits per heavy atom. The Hall–Kier alpha value is -2.24. The van der Waals surface area contributed by atoms with Gasteiger partial charge in [-0.25, -0.2) is 8.78 Å². The van der Waals surface area contributed by atoms with Crippen LogP contribution in [0.15, 0.2) is 60.4 Å². The zero-order chi connectivity index (χ0) is 28.6. The third-order valence-corrected chi connectivity index (χ3v) is 6.30. The van der Waals surface area contributed by atoms with Gasteiger partial charge in [0.05, 0.1) is 0 Å². The molecule has 3 rings (SSSR count). The first-order chi connectivity index (χ1) is 17.6. The van der Waals surface area contributed by atoms with Crippen molar-refractivity contribution in [2.75, 3.05) is 38.6 Å². The van der Waals surface area contributed by atoms with Crippen molar-refractivity contribution in [1.82, 2.24) is 10.6 Å². The highest BCUT2D eigenvalue weighted by Gasteiger charge is 2.34. The van der Waals surface area contributed by atoms with Crippen molar-refractivity contribution >= 4 is 5.69 Å². The molecule has 0 aromatic heterocycles. The molecular weight excluding hydrogens is 464 g/mol. The topological polar surface area (TPSA) is 27.3 Å². The summed E-state index contributed by atoms with van der Waals surface area (Å²) < 4.78 is 28.8. The Bertz CT molecular complexity index is 892. The summed E-state index contributed by atoms with van der Waals surface area (Å²) in [5, 5.41) is 6.18. The predicted molar refractivity (Wildman–Crippen MR) is 161 cm³/mol. The van der Waals surface area contributed by atoms with E-state index >= 15 is 0 Å². The third kappa shape index (κ3) is 10.6. The van der Waals surface area contributed by atoms with Crippen LogP contribution in [0.25, 0.3) is 0 Å². The third-order valence-electron chi connectivity index (χ3n) is 6.30. The molecule has 1 unspecified atom stereocenters. The highest BCUT2D eigenvalue weighted by Crippen LogP contribution is 2.47. The van der Waals surface area contributed by atoms with Crippen LogP contribution in [-0.2, 0) is 6.42 Å². The number of allylic oxidation sites excluding steroid dienone is 5. The van der Waals surface area contributed by atoms with E-state index in [1.165, 1.54) is 16.8 Å². The van der Waals surface area contributed by atoms with Crippen molar-refractivity contribution in [3.63, 3.8) is 0 Å². The summed E-state index contributed by atoms with van der Waals surface area (Å²) >= 11 is 0. The molecule has 0 saturated heterocycles. The van der Waals surface area contributed by atoms with Crippen LogP contribution >= 0.6 is 0 Å². The first-order valence-corrected chi connectivity index (χ1v) is 13.8. The number of likely N-dealkylation sites (N-methyl/N-ethyl adjacent to an activating group) is 1. The highest BCUT2D eigenvalue weighted by molar-refractivity contribution is 5.70. The van der Waals surface area contributed by atoms with E-state index in [2.05, 4.69) is 73.8 Å². The van der Waals surface area contributed by atoms with Crippen molar-refractivity contribution in [2.24, 2.45) is 0 Å². The molecule has 5 heteroatoms. The maximum absolute atomic E-state index is 14.9. The van der Waals surface area contributed by atoms with E-state index in [0.29, 0.717) is 13.1 Å². The number of rotatable bonds is 8.